The van der Waals surface area contributed by atoms with Crippen molar-refractivity contribution in [3.8, 4) is 0 Å². The van der Waals surface area contributed by atoms with E-state index in [0.717, 1.165) is 5.31 Å². The van der Waals surface area contributed by atoms with E-state index in [1.54, 1.807) is 13.5 Å². The van der Waals surface area contributed by atoms with Crippen LogP contribution in [0.2, 0.25) is 0 Å². The summed E-state index contributed by atoms with van der Waals surface area (Å²) in [6, 6.07) is 0. The number of rotatable bonds is 3. The number of carbonyl (C=O) groups excluding carboxylic acids is 1. The number of amides is 1. The second-order valence-electron chi connectivity index (χ2n) is 2.09. The number of nitrogens with one attached hydrogen (secondary N) is 1. The number of hydrogen-bond donors (Lipinski definition) is 1. The molecular weight excluding hydrogens is 234 g/mol. The van der Waals surface area contributed by atoms with Gasteiger partial charge in [0.15, 0.2) is 5.91 Å². The third kappa shape index (κ3) is 5.96. The second kappa shape index (κ2) is 7.40. The first-order valence-electron chi connectivity index (χ1n) is 3.12. The van der Waals surface area contributed by atoms with Crippen molar-refractivity contribution >= 4 is 15.1 Å². The average Bonchev–Trinajstić information content (AvgIpc) is 1.87. The van der Waals surface area contributed by atoms with Crippen LogP contribution in [0.5, 0.6) is 0 Å². The van der Waals surface area contributed by atoms with Gasteiger partial charge >= 0.3 is 32.7 Å². The van der Waals surface area contributed by atoms with Crippen molar-refractivity contribution < 1.29 is 37.5 Å². The van der Waals surface area contributed by atoms with E-state index >= 15 is 0 Å². The Morgan fingerprint density at radius 3 is 2.45 bits per heavy atom. The average molecular weight is 247 g/mol. The third-order valence-electron chi connectivity index (χ3n) is 1.24. The van der Waals surface area contributed by atoms with E-state index in [9.17, 15) is 4.79 Å². The minimum atomic E-state index is -0.124. The molecule has 0 radical (unpaired) electrons. The van der Waals surface area contributed by atoms with Crippen molar-refractivity contribution in [2.24, 2.45) is 5.92 Å². The van der Waals surface area contributed by atoms with Crippen molar-refractivity contribution in [1.29, 1.82) is 0 Å². The normalized spacial score (nSPS) is 11.2. The quantitative estimate of drug-likeness (QED) is 0.591. The molecule has 0 aliphatic carbocycles. The summed E-state index contributed by atoms with van der Waals surface area (Å²) in [7, 11) is 2.42. The largest absolute Gasteiger partial charge is 3.00 e. The topological polar surface area (TPSA) is 29.1 Å². The first-order valence-corrected chi connectivity index (χ1v) is 3.69. The molecule has 0 aromatic rings. The van der Waals surface area contributed by atoms with E-state index in [1.807, 2.05) is 6.92 Å². The predicted molar refractivity (Wildman–Crippen MR) is 46.1 cm³/mol. The Morgan fingerprint density at radius 1 is 1.73 bits per heavy atom. The van der Waals surface area contributed by atoms with Gasteiger partial charge in [0.1, 0.15) is 0 Å². The van der Waals surface area contributed by atoms with Crippen molar-refractivity contribution in [1.82, 2.24) is 5.32 Å². The van der Waals surface area contributed by atoms with Gasteiger partial charge < -0.3 is 5.32 Å². The Morgan fingerprint density at radius 2 is 2.18 bits per heavy atom. The molecule has 2 nitrogen and oxygen atoms in total. The molecular formula is C7H13NOPY+2. The standard InChI is InChI=1S/C7H13NOP.Y/c1-4-8-7(9)5(2)6(3)10;/h4-5H,3,10H2,1-2H3,(H,8,9);/q-1;+3. The van der Waals surface area contributed by atoms with Crippen LogP contribution in [0.15, 0.2) is 11.9 Å². The van der Waals surface area contributed by atoms with Crippen LogP contribution < -0.4 is 5.32 Å². The zero-order valence-electron chi connectivity index (χ0n) is 6.92. The van der Waals surface area contributed by atoms with Crippen molar-refractivity contribution in [2.75, 3.05) is 0 Å². The molecule has 0 aliphatic rings. The minimum absolute atomic E-state index is 0. The summed E-state index contributed by atoms with van der Waals surface area (Å²) < 4.78 is 0. The van der Waals surface area contributed by atoms with Gasteiger partial charge in [0.2, 0.25) is 0 Å². The Labute approximate surface area is 95.7 Å². The molecule has 0 aromatic carbocycles. The van der Waals surface area contributed by atoms with Gasteiger partial charge in [-0.1, -0.05) is 6.58 Å². The summed E-state index contributed by atoms with van der Waals surface area (Å²) >= 11 is 0. The molecule has 0 saturated carbocycles. The zero-order valence-corrected chi connectivity index (χ0v) is 10.9. The van der Waals surface area contributed by atoms with E-state index in [4.69, 9.17) is 0 Å². The van der Waals surface area contributed by atoms with Gasteiger partial charge in [-0.2, -0.15) is 6.92 Å². The monoisotopic (exact) mass is 247 g/mol. The zero-order chi connectivity index (χ0) is 8.15. The second-order valence-corrected chi connectivity index (χ2v) is 2.84. The summed E-state index contributed by atoms with van der Waals surface area (Å²) in [6.07, 6.45) is 0. The van der Waals surface area contributed by atoms with E-state index in [1.165, 1.54) is 0 Å². The summed E-state index contributed by atoms with van der Waals surface area (Å²) in [5.74, 6) is -0.135. The molecule has 0 spiro atoms. The first kappa shape index (κ1) is 14.3. The molecule has 4 heteroatoms. The maximum atomic E-state index is 11.0. The molecule has 0 saturated heterocycles. The molecule has 0 fully saturated rings. The fraction of sp³-hybridized carbons (Fsp3) is 0.429. The summed E-state index contributed by atoms with van der Waals surface area (Å²) in [4.78, 5) is 11.0. The fourth-order valence-corrected chi connectivity index (χ4v) is 0.587. The van der Waals surface area contributed by atoms with Gasteiger partial charge in [0, 0.05) is 0 Å². The van der Waals surface area contributed by atoms with Gasteiger partial charge in [-0.05, 0) is 12.2 Å². The maximum absolute atomic E-state index is 11.0. The van der Waals surface area contributed by atoms with E-state index < -0.39 is 0 Å². The van der Waals surface area contributed by atoms with Crippen LogP contribution in [-0.4, -0.2) is 5.91 Å². The molecule has 0 rings (SSSR count). The molecule has 58 valence electrons. The van der Waals surface area contributed by atoms with Crippen LogP contribution in [0, 0.1) is 12.5 Å². The Balaban J connectivity index is 0. The Hall–Kier alpha value is 0.744. The van der Waals surface area contributed by atoms with Crippen LogP contribution in [0.1, 0.15) is 13.8 Å². The van der Waals surface area contributed by atoms with E-state index in [2.05, 4.69) is 21.1 Å². The van der Waals surface area contributed by atoms with Gasteiger partial charge in [0.05, 0.1) is 5.92 Å². The van der Waals surface area contributed by atoms with E-state index in [-0.39, 0.29) is 44.5 Å². The Bertz CT molecular complexity index is 149. The SMILES string of the molecule is C=C(P)C(C)C(=O)N[CH-]C.[Y+3]. The van der Waals surface area contributed by atoms with Crippen LogP contribution in [-0.2, 0) is 37.5 Å². The van der Waals surface area contributed by atoms with Gasteiger partial charge in [-0.15, -0.1) is 9.24 Å². The summed E-state index contributed by atoms with van der Waals surface area (Å²) in [6.45, 7) is 8.85. The molecule has 0 aromatic heterocycles. The molecule has 1 N–H and O–H groups in total. The van der Waals surface area contributed by atoms with Crippen molar-refractivity contribution in [3.63, 3.8) is 0 Å². The smallest absolute Gasteiger partial charge is 0.505 e. The molecule has 2 unspecified atom stereocenters. The molecule has 2 atom stereocenters. The third-order valence-corrected chi connectivity index (χ3v) is 1.74. The summed E-state index contributed by atoms with van der Waals surface area (Å²) in [5, 5.41) is 3.39. The molecule has 0 heterocycles. The summed E-state index contributed by atoms with van der Waals surface area (Å²) in [5.41, 5.74) is 0. The maximum Gasteiger partial charge on any atom is 3.00 e. The number of hydrogen-bond acceptors (Lipinski definition) is 1. The van der Waals surface area contributed by atoms with Crippen molar-refractivity contribution in [3.05, 3.63) is 18.4 Å². The van der Waals surface area contributed by atoms with Crippen LogP contribution in [0.3, 0.4) is 0 Å². The van der Waals surface area contributed by atoms with E-state index in [0.29, 0.717) is 0 Å². The van der Waals surface area contributed by atoms with Gasteiger partial charge in [0.25, 0.3) is 0 Å². The van der Waals surface area contributed by atoms with Crippen LogP contribution in [0.4, 0.5) is 0 Å². The molecule has 1 amide bonds. The minimum Gasteiger partial charge on any atom is -0.505 e. The van der Waals surface area contributed by atoms with Crippen molar-refractivity contribution in [2.45, 2.75) is 13.8 Å². The van der Waals surface area contributed by atoms with Crippen LogP contribution in [0.25, 0.3) is 0 Å². The number of carbonyl (C=O) groups is 1. The Kier molecular flexibility index (Phi) is 9.60. The van der Waals surface area contributed by atoms with Gasteiger partial charge in [-0.25, -0.2) is 6.54 Å². The van der Waals surface area contributed by atoms with Crippen LogP contribution >= 0.6 is 9.24 Å². The van der Waals surface area contributed by atoms with Gasteiger partial charge in [-0.3, -0.25) is 4.79 Å². The molecule has 0 bridgehead atoms. The fourth-order valence-electron chi connectivity index (χ4n) is 0.436. The predicted octanol–water partition coefficient (Wildman–Crippen LogP) is 1.31. The first-order chi connectivity index (χ1) is 4.59. The molecule has 0 aliphatic heterocycles. The molecule has 11 heavy (non-hydrogen) atoms.